The number of hydrogen-bond donors (Lipinski definition) is 1. The third-order valence-electron chi connectivity index (χ3n) is 1.28. The maximum atomic E-state index is 5.06. The van der Waals surface area contributed by atoms with Crippen molar-refractivity contribution < 1.29 is 4.84 Å². The van der Waals surface area contributed by atoms with Gasteiger partial charge in [-0.25, -0.2) is 0 Å². The van der Waals surface area contributed by atoms with E-state index in [1.807, 2.05) is 37.3 Å². The molecule has 0 bridgehead atoms. The minimum Gasteiger partial charge on any atom is -0.297 e. The van der Waals surface area contributed by atoms with Crippen molar-refractivity contribution in [3.05, 3.63) is 42.4 Å². The SMILES string of the molecule is C[CH]NOCc1ccccc1. The van der Waals surface area contributed by atoms with Crippen molar-refractivity contribution in [2.24, 2.45) is 0 Å². The van der Waals surface area contributed by atoms with Crippen molar-refractivity contribution in [3.63, 3.8) is 0 Å². The highest BCUT2D eigenvalue weighted by atomic mass is 16.6. The van der Waals surface area contributed by atoms with Crippen LogP contribution in [0.2, 0.25) is 0 Å². The quantitative estimate of drug-likeness (QED) is 0.522. The van der Waals surface area contributed by atoms with Gasteiger partial charge in [-0.3, -0.25) is 4.84 Å². The molecule has 0 saturated carbocycles. The van der Waals surface area contributed by atoms with Crippen molar-refractivity contribution in [2.75, 3.05) is 0 Å². The minimum absolute atomic E-state index is 0.602. The molecule has 0 fully saturated rings. The van der Waals surface area contributed by atoms with Crippen LogP contribution in [0.15, 0.2) is 30.3 Å². The van der Waals surface area contributed by atoms with Crippen molar-refractivity contribution in [2.45, 2.75) is 13.5 Å². The Bertz CT molecular complexity index is 186. The lowest BCUT2D eigenvalue weighted by atomic mass is 10.2. The van der Waals surface area contributed by atoms with Gasteiger partial charge >= 0.3 is 0 Å². The summed E-state index contributed by atoms with van der Waals surface area (Å²) in [5, 5.41) is 0. The van der Waals surface area contributed by atoms with Gasteiger partial charge in [0.2, 0.25) is 0 Å². The normalized spacial score (nSPS) is 9.91. The Balaban J connectivity index is 2.28. The zero-order valence-corrected chi connectivity index (χ0v) is 6.58. The van der Waals surface area contributed by atoms with Crippen LogP contribution in [0.5, 0.6) is 0 Å². The lowest BCUT2D eigenvalue weighted by molar-refractivity contribution is 0.0466. The predicted octanol–water partition coefficient (Wildman–Crippen LogP) is 1.89. The molecule has 0 aliphatic heterocycles. The van der Waals surface area contributed by atoms with Crippen LogP contribution >= 0.6 is 0 Å². The van der Waals surface area contributed by atoms with Gasteiger partial charge in [-0.15, -0.1) is 0 Å². The fraction of sp³-hybridized carbons (Fsp3) is 0.222. The molecule has 0 aliphatic carbocycles. The van der Waals surface area contributed by atoms with Gasteiger partial charge < -0.3 is 0 Å². The van der Waals surface area contributed by atoms with Gasteiger partial charge in [-0.2, -0.15) is 5.48 Å². The molecule has 0 unspecified atom stereocenters. The summed E-state index contributed by atoms with van der Waals surface area (Å²) in [6.45, 7) is 4.24. The predicted molar refractivity (Wildman–Crippen MR) is 44.3 cm³/mol. The maximum absolute atomic E-state index is 5.06. The Hall–Kier alpha value is -0.860. The largest absolute Gasteiger partial charge is 0.297 e. The van der Waals surface area contributed by atoms with E-state index in [9.17, 15) is 0 Å². The first-order valence-corrected chi connectivity index (χ1v) is 3.62. The van der Waals surface area contributed by atoms with Crippen LogP contribution in [0.4, 0.5) is 0 Å². The van der Waals surface area contributed by atoms with Crippen molar-refractivity contribution in [1.82, 2.24) is 5.48 Å². The average Bonchev–Trinajstić information content (AvgIpc) is 2.07. The summed E-state index contributed by atoms with van der Waals surface area (Å²) in [7, 11) is 0. The van der Waals surface area contributed by atoms with E-state index in [1.54, 1.807) is 6.54 Å². The molecule has 0 spiro atoms. The van der Waals surface area contributed by atoms with Crippen molar-refractivity contribution in [3.8, 4) is 0 Å². The summed E-state index contributed by atoms with van der Waals surface area (Å²) in [6, 6.07) is 10.0. The monoisotopic (exact) mass is 150 g/mol. The zero-order valence-electron chi connectivity index (χ0n) is 6.58. The molecule has 2 heteroatoms. The molecule has 0 atom stereocenters. The molecule has 11 heavy (non-hydrogen) atoms. The van der Waals surface area contributed by atoms with Crippen LogP contribution in [0.1, 0.15) is 12.5 Å². The second-order valence-corrected chi connectivity index (χ2v) is 2.18. The topological polar surface area (TPSA) is 21.3 Å². The zero-order chi connectivity index (χ0) is 7.94. The van der Waals surface area contributed by atoms with E-state index < -0.39 is 0 Å². The highest BCUT2D eigenvalue weighted by Crippen LogP contribution is 1.98. The van der Waals surface area contributed by atoms with E-state index in [4.69, 9.17) is 4.84 Å². The molecule has 0 aliphatic rings. The first-order valence-electron chi connectivity index (χ1n) is 3.62. The molecule has 1 aromatic rings. The molecule has 0 saturated heterocycles. The van der Waals surface area contributed by atoms with Crippen LogP contribution in [-0.4, -0.2) is 0 Å². The van der Waals surface area contributed by atoms with Gasteiger partial charge in [0.25, 0.3) is 0 Å². The standard InChI is InChI=1S/C9H12NO/c1-2-10-11-8-9-6-4-3-5-7-9/h2-7,10H,8H2,1H3. The smallest absolute Gasteiger partial charge is 0.0933 e. The number of nitrogens with one attached hydrogen (secondary N) is 1. The molecule has 0 aromatic heterocycles. The van der Waals surface area contributed by atoms with Gasteiger partial charge in [-0.05, 0) is 12.5 Å². The van der Waals surface area contributed by atoms with Gasteiger partial charge in [-0.1, -0.05) is 30.3 Å². The summed E-state index contributed by atoms with van der Waals surface area (Å²) < 4.78 is 0. The second kappa shape index (κ2) is 4.88. The van der Waals surface area contributed by atoms with E-state index >= 15 is 0 Å². The molecular formula is C9H12NO. The van der Waals surface area contributed by atoms with Gasteiger partial charge in [0.05, 0.1) is 6.61 Å². The van der Waals surface area contributed by atoms with Gasteiger partial charge in [0.1, 0.15) is 0 Å². The lowest BCUT2D eigenvalue weighted by Gasteiger charge is -2.01. The van der Waals surface area contributed by atoms with E-state index in [1.165, 1.54) is 5.56 Å². The van der Waals surface area contributed by atoms with Gasteiger partial charge in [0.15, 0.2) is 0 Å². The summed E-state index contributed by atoms with van der Waals surface area (Å²) in [4.78, 5) is 5.06. The number of hydroxylamine groups is 1. The Morgan fingerprint density at radius 2 is 2.09 bits per heavy atom. The molecule has 1 aromatic carbocycles. The summed E-state index contributed by atoms with van der Waals surface area (Å²) in [5.41, 5.74) is 3.84. The third-order valence-corrected chi connectivity index (χ3v) is 1.28. The summed E-state index contributed by atoms with van der Waals surface area (Å²) in [5.74, 6) is 0. The Labute approximate surface area is 67.1 Å². The van der Waals surface area contributed by atoms with E-state index in [-0.39, 0.29) is 0 Å². The number of hydrogen-bond acceptors (Lipinski definition) is 2. The fourth-order valence-electron chi connectivity index (χ4n) is 0.783. The fourth-order valence-corrected chi connectivity index (χ4v) is 0.783. The van der Waals surface area contributed by atoms with Crippen LogP contribution in [0.25, 0.3) is 0 Å². The second-order valence-electron chi connectivity index (χ2n) is 2.18. The van der Waals surface area contributed by atoms with E-state index in [0.29, 0.717) is 6.61 Å². The van der Waals surface area contributed by atoms with Gasteiger partial charge in [0, 0.05) is 6.54 Å². The molecule has 59 valence electrons. The van der Waals surface area contributed by atoms with Crippen LogP contribution in [0.3, 0.4) is 0 Å². The molecule has 1 rings (SSSR count). The molecule has 1 N–H and O–H groups in total. The molecular weight excluding hydrogens is 138 g/mol. The van der Waals surface area contributed by atoms with Crippen LogP contribution < -0.4 is 5.48 Å². The first-order chi connectivity index (χ1) is 5.43. The molecule has 1 radical (unpaired) electrons. The molecule has 2 nitrogen and oxygen atoms in total. The van der Waals surface area contributed by atoms with Crippen LogP contribution in [-0.2, 0) is 11.4 Å². The molecule has 0 heterocycles. The minimum atomic E-state index is 0.602. The Morgan fingerprint density at radius 3 is 2.73 bits per heavy atom. The summed E-state index contributed by atoms with van der Waals surface area (Å²) in [6.07, 6.45) is 0. The third kappa shape index (κ3) is 3.16. The highest BCUT2D eigenvalue weighted by Gasteiger charge is 1.88. The Kier molecular flexibility index (Phi) is 3.65. The highest BCUT2D eigenvalue weighted by molar-refractivity contribution is 5.13. The average molecular weight is 150 g/mol. The number of benzene rings is 1. The summed E-state index contributed by atoms with van der Waals surface area (Å²) >= 11 is 0. The first kappa shape index (κ1) is 8.24. The van der Waals surface area contributed by atoms with E-state index in [0.717, 1.165) is 0 Å². The van der Waals surface area contributed by atoms with Crippen molar-refractivity contribution in [1.29, 1.82) is 0 Å². The lowest BCUT2D eigenvalue weighted by Crippen LogP contribution is -2.08. The van der Waals surface area contributed by atoms with Crippen molar-refractivity contribution >= 4 is 0 Å². The maximum Gasteiger partial charge on any atom is 0.0933 e. The Morgan fingerprint density at radius 1 is 1.36 bits per heavy atom. The van der Waals surface area contributed by atoms with Crippen LogP contribution in [0, 0.1) is 6.54 Å². The molecule has 0 amide bonds. The number of rotatable bonds is 4. The van der Waals surface area contributed by atoms with E-state index in [2.05, 4.69) is 5.48 Å².